The Morgan fingerprint density at radius 2 is 1.91 bits per heavy atom. The molecule has 3 aliphatic carbocycles. The molecule has 128 valence electrons. The van der Waals surface area contributed by atoms with Gasteiger partial charge in [-0.2, -0.15) is 0 Å². The van der Waals surface area contributed by atoms with Crippen molar-refractivity contribution in [2.24, 2.45) is 22.7 Å². The van der Waals surface area contributed by atoms with Crippen molar-refractivity contribution in [1.82, 2.24) is 0 Å². The highest BCUT2D eigenvalue weighted by atomic mass is 16.5. The Labute approximate surface area is 141 Å². The lowest BCUT2D eigenvalue weighted by Gasteiger charge is -2.58. The van der Waals surface area contributed by atoms with Gasteiger partial charge < -0.3 is 4.74 Å². The summed E-state index contributed by atoms with van der Waals surface area (Å²) < 4.78 is 5.21. The molecule has 3 aliphatic rings. The highest BCUT2D eigenvalue weighted by Gasteiger charge is 2.58. The van der Waals surface area contributed by atoms with Crippen LogP contribution in [0, 0.1) is 22.7 Å². The fraction of sp³-hybridized carbons (Fsp3) is 0.762. The molecule has 23 heavy (non-hydrogen) atoms. The van der Waals surface area contributed by atoms with Crippen LogP contribution in [0.25, 0.3) is 0 Å². The Morgan fingerprint density at radius 3 is 2.57 bits per heavy atom. The van der Waals surface area contributed by atoms with Crippen LogP contribution in [0.1, 0.15) is 72.6 Å². The lowest BCUT2D eigenvalue weighted by molar-refractivity contribution is -0.168. The molecule has 2 saturated carbocycles. The van der Waals surface area contributed by atoms with E-state index in [1.165, 1.54) is 24.8 Å². The van der Waals surface area contributed by atoms with Crippen LogP contribution in [-0.4, -0.2) is 13.1 Å². The molecular weight excluding hydrogens is 284 g/mol. The van der Waals surface area contributed by atoms with Crippen LogP contribution in [0.4, 0.5) is 0 Å². The van der Waals surface area contributed by atoms with E-state index in [0.29, 0.717) is 11.8 Å². The minimum absolute atomic E-state index is 0.0154. The Bertz CT molecular complexity index is 566. The van der Waals surface area contributed by atoms with Crippen molar-refractivity contribution in [3.63, 3.8) is 0 Å². The van der Waals surface area contributed by atoms with Crippen LogP contribution in [0.15, 0.2) is 22.8 Å². The van der Waals surface area contributed by atoms with Gasteiger partial charge in [0.1, 0.15) is 0 Å². The maximum absolute atomic E-state index is 12.5. The number of fused-ring (bicyclic) bond motifs is 3. The first kappa shape index (κ1) is 16.8. The molecule has 0 heterocycles. The highest BCUT2D eigenvalue weighted by molar-refractivity contribution is 5.77. The van der Waals surface area contributed by atoms with E-state index in [-0.39, 0.29) is 16.8 Å². The first-order chi connectivity index (χ1) is 10.8. The number of allylic oxidation sites excluding steroid dienone is 4. The molecule has 3 unspecified atom stereocenters. The Kier molecular flexibility index (Phi) is 4.23. The summed E-state index contributed by atoms with van der Waals surface area (Å²) in [6.45, 7) is 9.09. The van der Waals surface area contributed by atoms with Crippen molar-refractivity contribution in [3.05, 3.63) is 22.8 Å². The van der Waals surface area contributed by atoms with Crippen LogP contribution in [0.2, 0.25) is 0 Å². The van der Waals surface area contributed by atoms with Crippen molar-refractivity contribution in [2.45, 2.75) is 72.6 Å². The van der Waals surface area contributed by atoms with Crippen LogP contribution in [-0.2, 0) is 9.53 Å². The summed E-state index contributed by atoms with van der Waals surface area (Å²) in [6, 6.07) is 0. The lowest BCUT2D eigenvalue weighted by atomic mass is 9.46. The van der Waals surface area contributed by atoms with E-state index < -0.39 is 0 Å². The number of hydrogen-bond donors (Lipinski definition) is 0. The monoisotopic (exact) mass is 316 g/mol. The van der Waals surface area contributed by atoms with Gasteiger partial charge in [0.25, 0.3) is 0 Å². The molecule has 0 bridgehead atoms. The first-order valence-electron chi connectivity index (χ1n) is 9.28. The molecule has 0 N–H and O–H groups in total. The average molecular weight is 316 g/mol. The van der Waals surface area contributed by atoms with Gasteiger partial charge >= 0.3 is 5.97 Å². The molecule has 0 saturated heterocycles. The van der Waals surface area contributed by atoms with Gasteiger partial charge in [-0.25, -0.2) is 0 Å². The van der Waals surface area contributed by atoms with Crippen molar-refractivity contribution in [2.75, 3.05) is 7.11 Å². The first-order valence-corrected chi connectivity index (χ1v) is 9.28. The zero-order valence-corrected chi connectivity index (χ0v) is 15.5. The molecule has 2 nitrogen and oxygen atoms in total. The smallest absolute Gasteiger partial charge is 0.311 e. The summed E-state index contributed by atoms with van der Waals surface area (Å²) >= 11 is 0. The number of carbonyl (C=O) groups is 1. The fourth-order valence-corrected chi connectivity index (χ4v) is 6.04. The predicted molar refractivity (Wildman–Crippen MR) is 94.0 cm³/mol. The minimum atomic E-state index is -0.288. The molecule has 0 aromatic heterocycles. The molecule has 2 fully saturated rings. The van der Waals surface area contributed by atoms with E-state index in [9.17, 15) is 4.79 Å². The SMILES string of the molecule is COC(=O)[C@]1(C)CCCC2(C)C3CCC(=C(C)C)C=C3CCC21. The fourth-order valence-electron chi connectivity index (χ4n) is 6.04. The van der Waals surface area contributed by atoms with E-state index in [1.54, 1.807) is 18.3 Å². The van der Waals surface area contributed by atoms with E-state index in [1.807, 2.05) is 0 Å². The van der Waals surface area contributed by atoms with Crippen molar-refractivity contribution in [1.29, 1.82) is 0 Å². The maximum Gasteiger partial charge on any atom is 0.311 e. The summed E-state index contributed by atoms with van der Waals surface area (Å²) in [6.07, 6.45) is 10.7. The van der Waals surface area contributed by atoms with E-state index in [4.69, 9.17) is 4.74 Å². The quantitative estimate of drug-likeness (QED) is 0.602. The number of methoxy groups -OCH3 is 1. The second-order valence-electron chi connectivity index (χ2n) is 8.70. The lowest BCUT2D eigenvalue weighted by Crippen LogP contribution is -2.54. The number of ether oxygens (including phenoxy) is 1. The normalized spacial score (nSPS) is 39.9. The number of hydrogen-bond acceptors (Lipinski definition) is 2. The van der Waals surface area contributed by atoms with Crippen LogP contribution >= 0.6 is 0 Å². The van der Waals surface area contributed by atoms with Crippen LogP contribution in [0.5, 0.6) is 0 Å². The van der Waals surface area contributed by atoms with Gasteiger partial charge in [-0.1, -0.05) is 30.6 Å². The summed E-state index contributed by atoms with van der Waals surface area (Å²) in [5.41, 5.74) is 4.64. The molecule has 2 heteroatoms. The topological polar surface area (TPSA) is 26.3 Å². The third kappa shape index (κ3) is 2.49. The van der Waals surface area contributed by atoms with Crippen LogP contribution < -0.4 is 0 Å². The summed E-state index contributed by atoms with van der Waals surface area (Å²) in [5.74, 6) is 1.14. The van der Waals surface area contributed by atoms with Gasteiger partial charge in [-0.05, 0) is 82.1 Å². The Morgan fingerprint density at radius 1 is 1.17 bits per heavy atom. The third-order valence-corrected chi connectivity index (χ3v) is 7.30. The third-order valence-electron chi connectivity index (χ3n) is 7.30. The molecule has 0 spiro atoms. The standard InChI is InChI=1S/C21H32O2/c1-14(2)15-7-9-17-16(13-15)8-10-18-20(17,3)11-6-12-21(18,4)19(22)23-5/h13,17-18H,6-12H2,1-5H3/t17?,18?,20?,21-/m1/s1. The van der Waals surface area contributed by atoms with Crippen molar-refractivity contribution in [3.8, 4) is 0 Å². The van der Waals surface area contributed by atoms with Crippen molar-refractivity contribution < 1.29 is 9.53 Å². The second kappa shape index (κ2) is 5.79. The van der Waals surface area contributed by atoms with Gasteiger partial charge in [0.05, 0.1) is 12.5 Å². The van der Waals surface area contributed by atoms with Gasteiger partial charge in [-0.15, -0.1) is 0 Å². The van der Waals surface area contributed by atoms with E-state index >= 15 is 0 Å². The minimum Gasteiger partial charge on any atom is -0.469 e. The Balaban J connectivity index is 1.98. The van der Waals surface area contributed by atoms with E-state index in [0.717, 1.165) is 25.7 Å². The predicted octanol–water partition coefficient (Wildman–Crippen LogP) is 5.44. The molecule has 4 atom stereocenters. The highest BCUT2D eigenvalue weighted by Crippen LogP contribution is 2.63. The molecule has 0 aromatic rings. The average Bonchev–Trinajstić information content (AvgIpc) is 2.53. The van der Waals surface area contributed by atoms with Gasteiger partial charge in [-0.3, -0.25) is 4.79 Å². The zero-order chi connectivity index (χ0) is 16.8. The summed E-state index contributed by atoms with van der Waals surface area (Å²) in [5, 5.41) is 0. The zero-order valence-electron chi connectivity index (χ0n) is 15.5. The van der Waals surface area contributed by atoms with Gasteiger partial charge in [0, 0.05) is 0 Å². The number of rotatable bonds is 1. The van der Waals surface area contributed by atoms with E-state index in [2.05, 4.69) is 33.8 Å². The van der Waals surface area contributed by atoms with Gasteiger partial charge in [0.15, 0.2) is 0 Å². The second-order valence-corrected chi connectivity index (χ2v) is 8.70. The van der Waals surface area contributed by atoms with Gasteiger partial charge in [0.2, 0.25) is 0 Å². The molecule has 0 aromatic carbocycles. The molecule has 0 amide bonds. The Hall–Kier alpha value is -1.05. The molecule has 3 rings (SSSR count). The molecule has 0 aliphatic heterocycles. The van der Waals surface area contributed by atoms with Crippen molar-refractivity contribution >= 4 is 5.97 Å². The maximum atomic E-state index is 12.5. The number of carbonyl (C=O) groups excluding carboxylic acids is 1. The molecular formula is C21H32O2. The van der Waals surface area contributed by atoms with Crippen LogP contribution in [0.3, 0.4) is 0 Å². The summed E-state index contributed by atoms with van der Waals surface area (Å²) in [4.78, 5) is 12.5. The largest absolute Gasteiger partial charge is 0.469 e. The summed E-state index contributed by atoms with van der Waals surface area (Å²) in [7, 11) is 1.55. The molecule has 0 radical (unpaired) electrons. The number of esters is 1.